The number of amides is 1. The van der Waals surface area contributed by atoms with Crippen LogP contribution < -0.4 is 5.32 Å². The Morgan fingerprint density at radius 2 is 1.75 bits per heavy atom. The number of rotatable bonds is 3. The lowest BCUT2D eigenvalue weighted by Gasteiger charge is -2.10. The van der Waals surface area contributed by atoms with Crippen LogP contribution in [0.4, 0.5) is 5.69 Å². The van der Waals surface area contributed by atoms with Gasteiger partial charge in [-0.3, -0.25) is 4.79 Å². The number of nitrogens with one attached hydrogen (secondary N) is 1. The van der Waals surface area contributed by atoms with Gasteiger partial charge in [-0.05, 0) is 50.1 Å². The Morgan fingerprint density at radius 3 is 2.30 bits per heavy atom. The molecule has 0 aliphatic rings. The summed E-state index contributed by atoms with van der Waals surface area (Å²) in [5.41, 5.74) is 4.33. The second kappa shape index (κ2) is 5.88. The molecule has 0 radical (unpaired) electrons. The molecule has 20 heavy (non-hydrogen) atoms. The summed E-state index contributed by atoms with van der Waals surface area (Å²) in [7, 11) is 0. The number of aliphatic hydroxyl groups excluding tert-OH is 1. The molecule has 2 aromatic carbocycles. The van der Waals surface area contributed by atoms with Gasteiger partial charge >= 0.3 is 0 Å². The van der Waals surface area contributed by atoms with E-state index in [0.717, 1.165) is 22.4 Å². The fourth-order valence-electron chi connectivity index (χ4n) is 2.11. The van der Waals surface area contributed by atoms with Crippen LogP contribution in [0.1, 0.15) is 40.1 Å². The third-order valence-corrected chi connectivity index (χ3v) is 3.28. The van der Waals surface area contributed by atoms with Gasteiger partial charge in [-0.1, -0.05) is 29.8 Å². The number of anilines is 1. The van der Waals surface area contributed by atoms with Crippen LogP contribution in [0.3, 0.4) is 0 Å². The zero-order valence-electron chi connectivity index (χ0n) is 12.0. The van der Waals surface area contributed by atoms with E-state index in [9.17, 15) is 9.90 Å². The third-order valence-electron chi connectivity index (χ3n) is 3.28. The molecule has 0 heterocycles. The van der Waals surface area contributed by atoms with Gasteiger partial charge in [-0.15, -0.1) is 0 Å². The fourth-order valence-corrected chi connectivity index (χ4v) is 2.11. The van der Waals surface area contributed by atoms with Crippen LogP contribution in [0.15, 0.2) is 42.5 Å². The molecule has 3 heteroatoms. The standard InChI is InChI=1S/C17H19NO2/c1-11-4-9-16(12(2)10-11)17(20)18-15-7-5-14(6-8-15)13(3)19/h4-10,13,19H,1-3H3,(H,18,20). The van der Waals surface area contributed by atoms with Crippen LogP contribution in [0.5, 0.6) is 0 Å². The molecule has 1 unspecified atom stereocenters. The van der Waals surface area contributed by atoms with E-state index < -0.39 is 6.10 Å². The van der Waals surface area contributed by atoms with Gasteiger partial charge in [0.15, 0.2) is 0 Å². The first-order valence-corrected chi connectivity index (χ1v) is 6.64. The van der Waals surface area contributed by atoms with Crippen LogP contribution in [0.2, 0.25) is 0 Å². The topological polar surface area (TPSA) is 49.3 Å². The van der Waals surface area contributed by atoms with Crippen LogP contribution in [0.25, 0.3) is 0 Å². The van der Waals surface area contributed by atoms with E-state index in [0.29, 0.717) is 5.56 Å². The lowest BCUT2D eigenvalue weighted by Crippen LogP contribution is -2.13. The summed E-state index contributed by atoms with van der Waals surface area (Å²) < 4.78 is 0. The molecule has 0 bridgehead atoms. The molecule has 0 fully saturated rings. The first-order valence-electron chi connectivity index (χ1n) is 6.64. The lowest BCUT2D eigenvalue weighted by molar-refractivity contribution is 0.102. The Kier molecular flexibility index (Phi) is 4.20. The van der Waals surface area contributed by atoms with Crippen molar-refractivity contribution in [3.63, 3.8) is 0 Å². The molecule has 0 aromatic heterocycles. The molecule has 0 aliphatic carbocycles. The molecular formula is C17H19NO2. The highest BCUT2D eigenvalue weighted by Crippen LogP contribution is 2.17. The van der Waals surface area contributed by atoms with Gasteiger partial charge < -0.3 is 10.4 Å². The molecule has 2 aromatic rings. The average molecular weight is 269 g/mol. The maximum atomic E-state index is 12.2. The van der Waals surface area contributed by atoms with Gasteiger partial charge in [-0.25, -0.2) is 0 Å². The highest BCUT2D eigenvalue weighted by molar-refractivity contribution is 6.05. The van der Waals surface area contributed by atoms with Gasteiger partial charge in [0.2, 0.25) is 0 Å². The van der Waals surface area contributed by atoms with E-state index in [-0.39, 0.29) is 5.91 Å². The number of hydrogen-bond donors (Lipinski definition) is 2. The van der Waals surface area contributed by atoms with Gasteiger partial charge in [0, 0.05) is 11.3 Å². The van der Waals surface area contributed by atoms with E-state index in [2.05, 4.69) is 5.32 Å². The molecule has 0 aliphatic heterocycles. The summed E-state index contributed by atoms with van der Waals surface area (Å²) in [4.78, 5) is 12.2. The van der Waals surface area contributed by atoms with E-state index in [1.54, 1.807) is 19.1 Å². The fraction of sp³-hybridized carbons (Fsp3) is 0.235. The van der Waals surface area contributed by atoms with Crippen molar-refractivity contribution in [3.8, 4) is 0 Å². The number of aliphatic hydroxyl groups is 1. The van der Waals surface area contributed by atoms with Gasteiger partial charge in [0.05, 0.1) is 6.10 Å². The number of hydrogen-bond acceptors (Lipinski definition) is 2. The predicted molar refractivity (Wildman–Crippen MR) is 80.9 cm³/mol. The molecule has 0 saturated carbocycles. The lowest BCUT2D eigenvalue weighted by atomic mass is 10.0. The van der Waals surface area contributed by atoms with Crippen molar-refractivity contribution >= 4 is 11.6 Å². The molecular weight excluding hydrogens is 250 g/mol. The van der Waals surface area contributed by atoms with E-state index in [4.69, 9.17) is 0 Å². The van der Waals surface area contributed by atoms with Crippen molar-refractivity contribution in [2.75, 3.05) is 5.32 Å². The van der Waals surface area contributed by atoms with Crippen molar-refractivity contribution in [2.24, 2.45) is 0 Å². The maximum absolute atomic E-state index is 12.2. The minimum atomic E-state index is -0.501. The zero-order valence-corrected chi connectivity index (χ0v) is 12.0. The number of carbonyl (C=O) groups excluding carboxylic acids is 1. The van der Waals surface area contributed by atoms with Gasteiger partial charge in [0.25, 0.3) is 5.91 Å². The quantitative estimate of drug-likeness (QED) is 0.894. The summed E-state index contributed by atoms with van der Waals surface area (Å²) in [6, 6.07) is 13.0. The highest BCUT2D eigenvalue weighted by Gasteiger charge is 2.09. The third kappa shape index (κ3) is 3.25. The monoisotopic (exact) mass is 269 g/mol. The van der Waals surface area contributed by atoms with Gasteiger partial charge in [0.1, 0.15) is 0 Å². The summed E-state index contributed by atoms with van der Waals surface area (Å²) in [6.45, 7) is 5.64. The Balaban J connectivity index is 2.15. The van der Waals surface area contributed by atoms with Crippen LogP contribution in [-0.4, -0.2) is 11.0 Å². The van der Waals surface area contributed by atoms with Crippen molar-refractivity contribution < 1.29 is 9.90 Å². The molecule has 2 N–H and O–H groups in total. The Bertz CT molecular complexity index is 615. The summed E-state index contributed by atoms with van der Waals surface area (Å²) in [5, 5.41) is 12.3. The average Bonchev–Trinajstić information content (AvgIpc) is 2.39. The molecule has 104 valence electrons. The van der Waals surface area contributed by atoms with E-state index in [1.807, 2.05) is 44.2 Å². The van der Waals surface area contributed by atoms with Gasteiger partial charge in [-0.2, -0.15) is 0 Å². The normalized spacial score (nSPS) is 12.0. The minimum Gasteiger partial charge on any atom is -0.389 e. The molecule has 0 spiro atoms. The van der Waals surface area contributed by atoms with Crippen molar-refractivity contribution in [1.29, 1.82) is 0 Å². The number of aryl methyl sites for hydroxylation is 2. The highest BCUT2D eigenvalue weighted by atomic mass is 16.3. The van der Waals surface area contributed by atoms with Crippen LogP contribution >= 0.6 is 0 Å². The molecule has 2 rings (SSSR count). The number of carbonyl (C=O) groups is 1. The van der Waals surface area contributed by atoms with Crippen molar-refractivity contribution in [3.05, 3.63) is 64.7 Å². The Labute approximate surface area is 119 Å². The molecule has 3 nitrogen and oxygen atoms in total. The minimum absolute atomic E-state index is 0.118. The van der Waals surface area contributed by atoms with Crippen molar-refractivity contribution in [1.82, 2.24) is 0 Å². The second-order valence-electron chi connectivity index (χ2n) is 5.07. The van der Waals surface area contributed by atoms with E-state index >= 15 is 0 Å². The SMILES string of the molecule is Cc1ccc(C(=O)Nc2ccc(C(C)O)cc2)c(C)c1. The van der Waals surface area contributed by atoms with Crippen LogP contribution in [0, 0.1) is 13.8 Å². The number of benzene rings is 2. The summed E-state index contributed by atoms with van der Waals surface area (Å²) in [6.07, 6.45) is -0.501. The van der Waals surface area contributed by atoms with Crippen molar-refractivity contribution in [2.45, 2.75) is 26.9 Å². The second-order valence-corrected chi connectivity index (χ2v) is 5.07. The maximum Gasteiger partial charge on any atom is 0.255 e. The Hall–Kier alpha value is -2.13. The molecule has 0 saturated heterocycles. The molecule has 1 atom stereocenters. The largest absolute Gasteiger partial charge is 0.389 e. The van der Waals surface area contributed by atoms with Crippen LogP contribution in [-0.2, 0) is 0 Å². The summed E-state index contributed by atoms with van der Waals surface area (Å²) in [5.74, 6) is -0.118. The smallest absolute Gasteiger partial charge is 0.255 e. The Morgan fingerprint density at radius 1 is 1.10 bits per heavy atom. The summed E-state index contributed by atoms with van der Waals surface area (Å²) >= 11 is 0. The molecule has 1 amide bonds. The predicted octanol–water partition coefficient (Wildman–Crippen LogP) is 3.61. The first-order chi connectivity index (χ1) is 9.47. The first kappa shape index (κ1) is 14.3. The zero-order chi connectivity index (χ0) is 14.7. The van der Waals surface area contributed by atoms with E-state index in [1.165, 1.54) is 0 Å².